The highest BCUT2D eigenvalue weighted by Gasteiger charge is 2.43. The van der Waals surface area contributed by atoms with Crippen molar-refractivity contribution >= 4 is 17.0 Å². The van der Waals surface area contributed by atoms with Gasteiger partial charge < -0.3 is 4.90 Å². The van der Waals surface area contributed by atoms with Crippen molar-refractivity contribution in [2.45, 2.75) is 64.3 Å². The first kappa shape index (κ1) is 21.6. The third kappa shape index (κ3) is 3.25. The minimum absolute atomic E-state index is 0.162. The molecule has 4 aliphatic rings. The average Bonchev–Trinajstić information content (AvgIpc) is 3.62. The van der Waals surface area contributed by atoms with Crippen LogP contribution in [0.2, 0.25) is 0 Å². The van der Waals surface area contributed by atoms with Crippen molar-refractivity contribution in [1.29, 1.82) is 5.26 Å². The molecule has 0 radical (unpaired) electrons. The minimum Gasteiger partial charge on any atom is -0.369 e. The van der Waals surface area contributed by atoms with Crippen molar-refractivity contribution in [3.05, 3.63) is 69.3 Å². The molecule has 1 heterocycles. The number of ketones is 1. The van der Waals surface area contributed by atoms with Gasteiger partial charge in [-0.15, -0.1) is 0 Å². The largest absolute Gasteiger partial charge is 0.369 e. The zero-order valence-corrected chi connectivity index (χ0v) is 20.6. The van der Waals surface area contributed by atoms with Crippen LogP contribution in [0.25, 0.3) is 5.57 Å². The number of nitrogens with zero attached hydrogens (tertiary/aromatic N) is 3. The van der Waals surface area contributed by atoms with Gasteiger partial charge in [0.15, 0.2) is 5.78 Å². The maximum absolute atomic E-state index is 13.9. The fraction of sp³-hybridized carbons (Fsp3) is 0.467. The molecular weight excluding hydrogens is 418 g/mol. The zero-order chi connectivity index (χ0) is 23.6. The third-order valence-corrected chi connectivity index (χ3v) is 8.53. The topological polar surface area (TPSA) is 47.3 Å². The summed E-state index contributed by atoms with van der Waals surface area (Å²) in [7, 11) is 0. The molecule has 0 N–H and O–H groups in total. The molecule has 1 saturated carbocycles. The SMILES string of the molecule is CCCc1cc2c(cc1N1CCN(C3CC3)CC1)C(C)(C)C1=C(C2=O)c2ccc(C#N)cc2C1. The van der Waals surface area contributed by atoms with Crippen LogP contribution in [0.15, 0.2) is 35.9 Å². The second-order valence-electron chi connectivity index (χ2n) is 11.0. The van der Waals surface area contributed by atoms with Crippen molar-refractivity contribution in [2.75, 3.05) is 31.1 Å². The van der Waals surface area contributed by atoms with E-state index in [9.17, 15) is 10.1 Å². The summed E-state index contributed by atoms with van der Waals surface area (Å²) in [6.07, 6.45) is 5.55. The van der Waals surface area contributed by atoms with Crippen LogP contribution in [-0.4, -0.2) is 42.9 Å². The van der Waals surface area contributed by atoms with Gasteiger partial charge in [0, 0.05) is 54.5 Å². The van der Waals surface area contributed by atoms with Crippen LogP contribution in [0.1, 0.15) is 78.2 Å². The van der Waals surface area contributed by atoms with Crippen LogP contribution in [0.5, 0.6) is 0 Å². The number of piperazine rings is 1. The number of aryl methyl sites for hydroxylation is 1. The zero-order valence-electron chi connectivity index (χ0n) is 20.6. The first-order valence-corrected chi connectivity index (χ1v) is 12.9. The Kier molecular flexibility index (Phi) is 4.97. The molecule has 1 saturated heterocycles. The highest BCUT2D eigenvalue weighted by atomic mass is 16.1. The summed E-state index contributed by atoms with van der Waals surface area (Å²) in [4.78, 5) is 19.2. The second-order valence-corrected chi connectivity index (χ2v) is 11.0. The molecule has 2 aromatic rings. The van der Waals surface area contributed by atoms with E-state index in [-0.39, 0.29) is 11.2 Å². The number of Topliss-reactive ketones (excluding diaryl/α,β-unsaturated/α-hetero) is 1. The Morgan fingerprint density at radius 2 is 1.82 bits per heavy atom. The number of benzene rings is 2. The lowest BCUT2D eigenvalue weighted by Gasteiger charge is -2.40. The third-order valence-electron chi connectivity index (χ3n) is 8.53. The summed E-state index contributed by atoms with van der Waals surface area (Å²) in [5.41, 5.74) is 9.37. The lowest BCUT2D eigenvalue weighted by molar-refractivity contribution is 0.105. The van der Waals surface area contributed by atoms with Crippen LogP contribution < -0.4 is 4.90 Å². The Morgan fingerprint density at radius 1 is 1.06 bits per heavy atom. The van der Waals surface area contributed by atoms with Gasteiger partial charge in [-0.25, -0.2) is 0 Å². The monoisotopic (exact) mass is 451 g/mol. The van der Waals surface area contributed by atoms with Crippen LogP contribution >= 0.6 is 0 Å². The van der Waals surface area contributed by atoms with Gasteiger partial charge in [-0.1, -0.05) is 33.3 Å². The van der Waals surface area contributed by atoms with Crippen LogP contribution in [0.3, 0.4) is 0 Å². The van der Waals surface area contributed by atoms with E-state index >= 15 is 0 Å². The molecule has 34 heavy (non-hydrogen) atoms. The standard InChI is InChI=1S/C30H33N3O/c1-4-5-20-15-24-25(17-27(20)33-12-10-32(11-13-33)22-7-8-22)30(2,3)26-16-21-14-19(18-31)6-9-23(21)28(26)29(24)34/h6,9,14-15,17,22H,4-5,7-8,10-13,16H2,1-3H3. The van der Waals surface area contributed by atoms with Crippen molar-refractivity contribution in [3.63, 3.8) is 0 Å². The Hall–Kier alpha value is -2.90. The van der Waals surface area contributed by atoms with Crippen LogP contribution in [0.4, 0.5) is 5.69 Å². The Balaban J connectivity index is 1.41. The Labute approximate surface area is 202 Å². The maximum Gasteiger partial charge on any atom is 0.193 e. The van der Waals surface area contributed by atoms with Crippen molar-refractivity contribution in [3.8, 4) is 6.07 Å². The summed E-state index contributed by atoms with van der Waals surface area (Å²) >= 11 is 0. The molecule has 0 spiro atoms. The van der Waals surface area contributed by atoms with E-state index in [0.29, 0.717) is 5.56 Å². The summed E-state index contributed by atoms with van der Waals surface area (Å²) in [5.74, 6) is 0.162. The van der Waals surface area contributed by atoms with Gasteiger partial charge in [0.2, 0.25) is 0 Å². The van der Waals surface area contributed by atoms with E-state index < -0.39 is 0 Å². The molecule has 0 aromatic heterocycles. The molecule has 0 atom stereocenters. The number of carbonyl (C=O) groups excluding carboxylic acids is 1. The predicted molar refractivity (Wildman–Crippen MR) is 136 cm³/mol. The van der Waals surface area contributed by atoms with E-state index in [1.807, 2.05) is 18.2 Å². The van der Waals surface area contributed by atoms with Crippen molar-refractivity contribution < 1.29 is 4.79 Å². The normalized spacial score (nSPS) is 21.2. The number of nitriles is 1. The predicted octanol–water partition coefficient (Wildman–Crippen LogP) is 5.28. The fourth-order valence-electron chi connectivity index (χ4n) is 6.45. The summed E-state index contributed by atoms with van der Waals surface area (Å²) in [6, 6.07) is 13.5. The summed E-state index contributed by atoms with van der Waals surface area (Å²) in [5, 5.41) is 9.37. The molecule has 174 valence electrons. The van der Waals surface area contributed by atoms with Gasteiger partial charge in [-0.2, -0.15) is 5.26 Å². The number of fused-ring (bicyclic) bond motifs is 3. The quantitative estimate of drug-likeness (QED) is 0.635. The van der Waals surface area contributed by atoms with Gasteiger partial charge in [-0.3, -0.25) is 9.69 Å². The van der Waals surface area contributed by atoms with Gasteiger partial charge in [-0.05, 0) is 77.8 Å². The molecule has 0 unspecified atom stereocenters. The number of hydrogen-bond acceptors (Lipinski definition) is 4. The molecule has 0 amide bonds. The molecule has 3 aliphatic carbocycles. The van der Waals surface area contributed by atoms with Crippen molar-refractivity contribution in [2.24, 2.45) is 0 Å². The van der Waals surface area contributed by atoms with Crippen LogP contribution in [0, 0.1) is 11.3 Å². The maximum atomic E-state index is 13.9. The van der Waals surface area contributed by atoms with Crippen LogP contribution in [-0.2, 0) is 18.3 Å². The number of rotatable bonds is 4. The molecule has 2 fully saturated rings. The highest BCUT2D eigenvalue weighted by Crippen LogP contribution is 2.51. The fourth-order valence-corrected chi connectivity index (χ4v) is 6.45. The first-order chi connectivity index (χ1) is 16.4. The van der Waals surface area contributed by atoms with E-state index in [1.165, 1.54) is 35.2 Å². The molecular formula is C30H33N3O. The minimum atomic E-state index is -0.222. The Morgan fingerprint density at radius 3 is 2.50 bits per heavy atom. The summed E-state index contributed by atoms with van der Waals surface area (Å²) in [6.45, 7) is 11.2. The summed E-state index contributed by atoms with van der Waals surface area (Å²) < 4.78 is 0. The first-order valence-electron chi connectivity index (χ1n) is 12.9. The van der Waals surface area contributed by atoms with E-state index in [0.717, 1.165) is 73.7 Å². The molecule has 6 rings (SSSR count). The molecule has 4 nitrogen and oxygen atoms in total. The number of anilines is 1. The highest BCUT2D eigenvalue weighted by molar-refractivity contribution is 6.33. The van der Waals surface area contributed by atoms with E-state index in [1.54, 1.807) is 0 Å². The van der Waals surface area contributed by atoms with Gasteiger partial charge in [0.1, 0.15) is 0 Å². The number of carbonyl (C=O) groups is 1. The van der Waals surface area contributed by atoms with Gasteiger partial charge >= 0.3 is 0 Å². The van der Waals surface area contributed by atoms with Gasteiger partial charge in [0.25, 0.3) is 0 Å². The molecule has 1 aliphatic heterocycles. The average molecular weight is 452 g/mol. The van der Waals surface area contributed by atoms with Gasteiger partial charge in [0.05, 0.1) is 11.6 Å². The smallest absolute Gasteiger partial charge is 0.193 e. The molecule has 4 heteroatoms. The Bertz CT molecular complexity index is 1270. The van der Waals surface area contributed by atoms with E-state index in [4.69, 9.17) is 0 Å². The number of allylic oxidation sites excluding steroid dienone is 2. The second kappa shape index (κ2) is 7.82. The molecule has 2 aromatic carbocycles. The van der Waals surface area contributed by atoms with Crippen molar-refractivity contribution in [1.82, 2.24) is 4.90 Å². The lowest BCUT2D eigenvalue weighted by atomic mass is 9.68. The molecule has 0 bridgehead atoms. The number of hydrogen-bond donors (Lipinski definition) is 0. The lowest BCUT2D eigenvalue weighted by Crippen LogP contribution is -2.47. The van der Waals surface area contributed by atoms with E-state index in [2.05, 4.69) is 48.8 Å².